The molecule has 0 aliphatic carbocycles. The van der Waals surface area contributed by atoms with Gasteiger partial charge in [-0.25, -0.2) is 4.79 Å². The molecule has 112 valence electrons. The van der Waals surface area contributed by atoms with E-state index in [2.05, 4.69) is 20.8 Å². The predicted molar refractivity (Wildman–Crippen MR) is 74.2 cm³/mol. The number of benzene rings is 1. The molecule has 0 unspecified atom stereocenters. The first-order valence-corrected chi connectivity index (χ1v) is 6.65. The van der Waals surface area contributed by atoms with Crippen molar-refractivity contribution in [2.75, 3.05) is 13.2 Å². The van der Waals surface area contributed by atoms with E-state index in [0.29, 0.717) is 19.0 Å². The SMILES string of the molecule is CCOC(=O)NCc1nnnn1-c1ccc(OCC)cc1. The molecule has 0 aliphatic heterocycles. The molecule has 0 radical (unpaired) electrons. The maximum atomic E-state index is 11.3. The number of carbonyl (C=O) groups is 1. The molecule has 21 heavy (non-hydrogen) atoms. The Labute approximate surface area is 122 Å². The minimum atomic E-state index is -0.501. The van der Waals surface area contributed by atoms with E-state index in [1.807, 2.05) is 31.2 Å². The van der Waals surface area contributed by atoms with Gasteiger partial charge >= 0.3 is 6.09 Å². The van der Waals surface area contributed by atoms with Crippen LogP contribution in [0.5, 0.6) is 5.75 Å². The Kier molecular flexibility index (Phi) is 5.08. The van der Waals surface area contributed by atoms with E-state index in [-0.39, 0.29) is 6.54 Å². The van der Waals surface area contributed by atoms with E-state index in [1.54, 1.807) is 11.6 Å². The summed E-state index contributed by atoms with van der Waals surface area (Å²) in [6, 6.07) is 7.36. The predicted octanol–water partition coefficient (Wildman–Crippen LogP) is 1.31. The summed E-state index contributed by atoms with van der Waals surface area (Å²) < 4.78 is 11.7. The molecule has 0 fully saturated rings. The van der Waals surface area contributed by atoms with E-state index in [0.717, 1.165) is 11.4 Å². The second-order valence-corrected chi connectivity index (χ2v) is 4.01. The largest absolute Gasteiger partial charge is 0.494 e. The van der Waals surface area contributed by atoms with Gasteiger partial charge in [0.1, 0.15) is 5.75 Å². The fourth-order valence-corrected chi connectivity index (χ4v) is 1.70. The monoisotopic (exact) mass is 291 g/mol. The summed E-state index contributed by atoms with van der Waals surface area (Å²) >= 11 is 0. The highest BCUT2D eigenvalue weighted by Gasteiger charge is 2.10. The van der Waals surface area contributed by atoms with Gasteiger partial charge in [0.25, 0.3) is 0 Å². The zero-order valence-corrected chi connectivity index (χ0v) is 11.9. The lowest BCUT2D eigenvalue weighted by atomic mass is 10.3. The normalized spacial score (nSPS) is 10.2. The van der Waals surface area contributed by atoms with E-state index in [9.17, 15) is 4.79 Å². The summed E-state index contributed by atoms with van der Waals surface area (Å²) in [5, 5.41) is 14.0. The van der Waals surface area contributed by atoms with Crippen LogP contribution in [0.25, 0.3) is 5.69 Å². The number of tetrazole rings is 1. The highest BCUT2D eigenvalue weighted by molar-refractivity contribution is 5.66. The van der Waals surface area contributed by atoms with Gasteiger partial charge in [0.05, 0.1) is 25.4 Å². The van der Waals surface area contributed by atoms with Gasteiger partial charge in [-0.05, 0) is 48.5 Å². The van der Waals surface area contributed by atoms with Crippen LogP contribution in [0.15, 0.2) is 24.3 Å². The second kappa shape index (κ2) is 7.22. The fraction of sp³-hybridized carbons (Fsp3) is 0.385. The van der Waals surface area contributed by atoms with Crippen LogP contribution in [-0.2, 0) is 11.3 Å². The molecule has 1 N–H and O–H groups in total. The zero-order chi connectivity index (χ0) is 15.1. The summed E-state index contributed by atoms with van der Waals surface area (Å²) in [6.07, 6.45) is -0.501. The Morgan fingerprint density at radius 2 is 2.00 bits per heavy atom. The molecule has 0 aliphatic rings. The van der Waals surface area contributed by atoms with Crippen molar-refractivity contribution in [1.82, 2.24) is 25.5 Å². The lowest BCUT2D eigenvalue weighted by molar-refractivity contribution is 0.151. The lowest BCUT2D eigenvalue weighted by Gasteiger charge is -2.07. The Hall–Kier alpha value is -2.64. The molecule has 2 rings (SSSR count). The average Bonchev–Trinajstić information content (AvgIpc) is 2.95. The van der Waals surface area contributed by atoms with E-state index >= 15 is 0 Å². The molecule has 0 bridgehead atoms. The summed E-state index contributed by atoms with van der Waals surface area (Å²) in [4.78, 5) is 11.3. The fourth-order valence-electron chi connectivity index (χ4n) is 1.70. The van der Waals surface area contributed by atoms with Crippen LogP contribution in [0, 0.1) is 0 Å². The number of amides is 1. The number of nitrogens with one attached hydrogen (secondary N) is 1. The van der Waals surface area contributed by atoms with Gasteiger partial charge < -0.3 is 14.8 Å². The molecule has 0 saturated carbocycles. The highest BCUT2D eigenvalue weighted by atomic mass is 16.5. The van der Waals surface area contributed by atoms with Crippen molar-refractivity contribution in [2.45, 2.75) is 20.4 Å². The summed E-state index contributed by atoms with van der Waals surface area (Å²) in [5.74, 6) is 1.28. The minimum Gasteiger partial charge on any atom is -0.494 e. The first-order valence-electron chi connectivity index (χ1n) is 6.65. The number of nitrogens with zero attached hydrogens (tertiary/aromatic N) is 4. The molecule has 0 atom stereocenters. The molecule has 0 saturated heterocycles. The number of alkyl carbamates (subject to hydrolysis) is 1. The molecule has 8 heteroatoms. The summed E-state index contributed by atoms with van der Waals surface area (Å²) in [6.45, 7) is 4.77. The van der Waals surface area contributed by atoms with Crippen LogP contribution in [0.2, 0.25) is 0 Å². The van der Waals surface area contributed by atoms with Crippen LogP contribution in [-0.4, -0.2) is 39.5 Å². The smallest absolute Gasteiger partial charge is 0.407 e. The van der Waals surface area contributed by atoms with Crippen molar-refractivity contribution in [1.29, 1.82) is 0 Å². The van der Waals surface area contributed by atoms with Gasteiger partial charge in [-0.2, -0.15) is 4.68 Å². The first-order chi connectivity index (χ1) is 10.2. The third-order valence-corrected chi connectivity index (χ3v) is 2.59. The van der Waals surface area contributed by atoms with E-state index < -0.39 is 6.09 Å². The standard InChI is InChI=1S/C13H17N5O3/c1-3-20-11-7-5-10(6-8-11)18-12(15-16-17-18)9-14-13(19)21-4-2/h5-8H,3-4,9H2,1-2H3,(H,14,19). The topological polar surface area (TPSA) is 91.2 Å². The molecular weight excluding hydrogens is 274 g/mol. The highest BCUT2D eigenvalue weighted by Crippen LogP contribution is 2.15. The molecule has 1 aromatic carbocycles. The second-order valence-electron chi connectivity index (χ2n) is 4.01. The molecule has 1 amide bonds. The minimum absolute atomic E-state index is 0.180. The van der Waals surface area contributed by atoms with Gasteiger partial charge in [0, 0.05) is 0 Å². The Morgan fingerprint density at radius 3 is 2.67 bits per heavy atom. The number of hydrogen-bond acceptors (Lipinski definition) is 6. The Bertz CT molecular complexity index is 582. The quantitative estimate of drug-likeness (QED) is 0.862. The number of ether oxygens (including phenoxy) is 2. The zero-order valence-electron chi connectivity index (χ0n) is 11.9. The van der Waals surface area contributed by atoms with Crippen LogP contribution in [0.1, 0.15) is 19.7 Å². The maximum Gasteiger partial charge on any atom is 0.407 e. The molecular formula is C13H17N5O3. The van der Waals surface area contributed by atoms with Crippen LogP contribution < -0.4 is 10.1 Å². The van der Waals surface area contributed by atoms with E-state index in [4.69, 9.17) is 9.47 Å². The number of aromatic nitrogens is 4. The van der Waals surface area contributed by atoms with Gasteiger partial charge in [-0.1, -0.05) is 0 Å². The number of carbonyl (C=O) groups excluding carboxylic acids is 1. The van der Waals surface area contributed by atoms with Crippen molar-refractivity contribution in [2.24, 2.45) is 0 Å². The third kappa shape index (κ3) is 3.91. The van der Waals surface area contributed by atoms with Crippen LogP contribution in [0.4, 0.5) is 4.79 Å². The van der Waals surface area contributed by atoms with Crippen molar-refractivity contribution in [3.63, 3.8) is 0 Å². The van der Waals surface area contributed by atoms with E-state index in [1.165, 1.54) is 0 Å². The summed E-state index contributed by atoms with van der Waals surface area (Å²) in [7, 11) is 0. The number of rotatable bonds is 6. The number of hydrogen-bond donors (Lipinski definition) is 1. The van der Waals surface area contributed by atoms with Crippen molar-refractivity contribution in [3.8, 4) is 11.4 Å². The van der Waals surface area contributed by atoms with Crippen LogP contribution >= 0.6 is 0 Å². The third-order valence-electron chi connectivity index (χ3n) is 2.59. The Morgan fingerprint density at radius 1 is 1.24 bits per heavy atom. The van der Waals surface area contributed by atoms with Gasteiger partial charge in [0.15, 0.2) is 5.82 Å². The van der Waals surface area contributed by atoms with Crippen molar-refractivity contribution >= 4 is 6.09 Å². The van der Waals surface area contributed by atoms with Crippen molar-refractivity contribution in [3.05, 3.63) is 30.1 Å². The lowest BCUT2D eigenvalue weighted by Crippen LogP contribution is -2.25. The molecule has 0 spiro atoms. The van der Waals surface area contributed by atoms with Gasteiger partial charge in [-0.3, -0.25) is 0 Å². The molecule has 1 aromatic heterocycles. The Balaban J connectivity index is 2.07. The molecule has 1 heterocycles. The molecule has 2 aromatic rings. The maximum absolute atomic E-state index is 11.3. The molecule has 8 nitrogen and oxygen atoms in total. The average molecular weight is 291 g/mol. The van der Waals surface area contributed by atoms with Crippen LogP contribution in [0.3, 0.4) is 0 Å². The van der Waals surface area contributed by atoms with Gasteiger partial charge in [-0.15, -0.1) is 5.10 Å². The first kappa shape index (κ1) is 14.8. The van der Waals surface area contributed by atoms with Gasteiger partial charge in [0.2, 0.25) is 0 Å². The van der Waals surface area contributed by atoms with Crippen molar-refractivity contribution < 1.29 is 14.3 Å². The summed E-state index contributed by atoms with van der Waals surface area (Å²) in [5.41, 5.74) is 0.782.